The third-order valence-electron chi connectivity index (χ3n) is 4.57. The van der Waals surface area contributed by atoms with E-state index >= 15 is 0 Å². The molecule has 0 radical (unpaired) electrons. The highest BCUT2D eigenvalue weighted by molar-refractivity contribution is 5.93. The number of ether oxygens (including phenoxy) is 3. The maximum atomic E-state index is 12.1. The van der Waals surface area contributed by atoms with E-state index in [4.69, 9.17) is 14.2 Å². The highest BCUT2D eigenvalue weighted by atomic mass is 16.6. The smallest absolute Gasteiger partial charge is 0.334 e. The van der Waals surface area contributed by atoms with Crippen molar-refractivity contribution in [1.82, 2.24) is 0 Å². The molecular weight excluding hydrogens is 324 g/mol. The molecule has 1 saturated heterocycles. The molecule has 0 spiro atoms. The molecule has 0 aromatic carbocycles. The monoisotopic (exact) mass is 344 g/mol. The lowest BCUT2D eigenvalue weighted by atomic mass is 9.85. The van der Waals surface area contributed by atoms with E-state index in [1.807, 2.05) is 13.0 Å². The summed E-state index contributed by atoms with van der Waals surface area (Å²) >= 11 is 0. The number of rotatable bonds is 2. The van der Waals surface area contributed by atoms with E-state index < -0.39 is 36.0 Å². The molecule has 0 aromatic heterocycles. The van der Waals surface area contributed by atoms with Crippen LogP contribution in [-0.4, -0.2) is 36.2 Å². The van der Waals surface area contributed by atoms with Gasteiger partial charge in [0.15, 0.2) is 0 Å². The van der Waals surface area contributed by atoms with Gasteiger partial charge in [-0.25, -0.2) is 14.4 Å². The fourth-order valence-corrected chi connectivity index (χ4v) is 3.33. The molecule has 0 aromatic rings. The zero-order valence-electron chi connectivity index (χ0n) is 14.2. The van der Waals surface area contributed by atoms with Gasteiger partial charge in [0, 0.05) is 29.6 Å². The van der Waals surface area contributed by atoms with Gasteiger partial charge < -0.3 is 14.2 Å². The molecule has 3 rings (SSSR count). The Hall–Kier alpha value is -2.63. The minimum absolute atomic E-state index is 0.137. The SMILES string of the molecule is C=C(C)C(=O)O[C@H]1CC2=C[C@@H](C/C(C)=C\[C@H]3OC(=O)C(=C)C13)OC2=O. The highest BCUT2D eigenvalue weighted by Crippen LogP contribution is 2.38. The Balaban J connectivity index is 2.01. The van der Waals surface area contributed by atoms with Gasteiger partial charge in [-0.1, -0.05) is 18.7 Å². The fraction of sp³-hybridized carbons (Fsp3) is 0.421. The molecule has 4 atom stereocenters. The number of carbonyl (C=O) groups excluding carboxylic acids is 3. The number of carbonyl (C=O) groups is 3. The van der Waals surface area contributed by atoms with Gasteiger partial charge in [-0.15, -0.1) is 0 Å². The standard InChI is InChI=1S/C19H20O6/c1-9(2)17(20)24-15-8-12-7-13(23-19(12)22)5-10(3)6-14-16(15)11(4)18(21)25-14/h6-7,13-16H,1,4-5,8H2,2-3H3/b10-6-/t13-,14-,15+,16?/m1/s1. The molecule has 132 valence electrons. The third-order valence-corrected chi connectivity index (χ3v) is 4.57. The summed E-state index contributed by atoms with van der Waals surface area (Å²) in [5, 5.41) is 0. The van der Waals surface area contributed by atoms with Crippen LogP contribution in [0.25, 0.3) is 0 Å². The molecule has 2 heterocycles. The molecule has 25 heavy (non-hydrogen) atoms. The van der Waals surface area contributed by atoms with Crippen LogP contribution in [0.5, 0.6) is 0 Å². The average molecular weight is 344 g/mol. The molecule has 2 bridgehead atoms. The molecule has 1 unspecified atom stereocenters. The summed E-state index contributed by atoms with van der Waals surface area (Å²) in [4.78, 5) is 36.2. The van der Waals surface area contributed by atoms with Crippen molar-refractivity contribution >= 4 is 17.9 Å². The van der Waals surface area contributed by atoms with E-state index in [-0.39, 0.29) is 23.7 Å². The van der Waals surface area contributed by atoms with E-state index in [0.29, 0.717) is 12.0 Å². The van der Waals surface area contributed by atoms with Gasteiger partial charge in [0.1, 0.15) is 18.3 Å². The van der Waals surface area contributed by atoms with Crippen molar-refractivity contribution in [2.75, 3.05) is 0 Å². The first-order valence-corrected chi connectivity index (χ1v) is 8.11. The van der Waals surface area contributed by atoms with E-state index in [1.165, 1.54) is 6.92 Å². The Bertz CT molecular complexity index is 741. The van der Waals surface area contributed by atoms with Gasteiger partial charge in [0.05, 0.1) is 5.92 Å². The predicted octanol–water partition coefficient (Wildman–Crippen LogP) is 2.16. The molecule has 1 fully saturated rings. The summed E-state index contributed by atoms with van der Waals surface area (Å²) < 4.78 is 16.3. The average Bonchev–Trinajstić information content (AvgIpc) is 2.98. The van der Waals surface area contributed by atoms with Crippen LogP contribution < -0.4 is 0 Å². The van der Waals surface area contributed by atoms with Crippen molar-refractivity contribution < 1.29 is 28.6 Å². The molecule has 0 N–H and O–H groups in total. The van der Waals surface area contributed by atoms with Crippen LogP contribution in [-0.2, 0) is 28.6 Å². The molecule has 0 amide bonds. The van der Waals surface area contributed by atoms with Crippen LogP contribution in [0.4, 0.5) is 0 Å². The van der Waals surface area contributed by atoms with Gasteiger partial charge in [-0.2, -0.15) is 0 Å². The third kappa shape index (κ3) is 3.29. The molecule has 6 nitrogen and oxygen atoms in total. The van der Waals surface area contributed by atoms with Gasteiger partial charge in [0.2, 0.25) is 0 Å². The number of fused-ring (bicyclic) bond motifs is 2. The zero-order chi connectivity index (χ0) is 18.3. The summed E-state index contributed by atoms with van der Waals surface area (Å²) in [6, 6.07) is 0. The fourth-order valence-electron chi connectivity index (χ4n) is 3.33. The maximum Gasteiger partial charge on any atom is 0.334 e. The molecular formula is C19H20O6. The second-order valence-corrected chi connectivity index (χ2v) is 6.70. The summed E-state index contributed by atoms with van der Waals surface area (Å²) in [7, 11) is 0. The summed E-state index contributed by atoms with van der Waals surface area (Å²) in [5.41, 5.74) is 1.82. The Labute approximate surface area is 145 Å². The van der Waals surface area contributed by atoms with Crippen LogP contribution in [0.3, 0.4) is 0 Å². The number of hydrogen-bond acceptors (Lipinski definition) is 6. The minimum atomic E-state index is -0.771. The van der Waals surface area contributed by atoms with Crippen LogP contribution >= 0.6 is 0 Å². The van der Waals surface area contributed by atoms with E-state index in [9.17, 15) is 14.4 Å². The second-order valence-electron chi connectivity index (χ2n) is 6.70. The highest BCUT2D eigenvalue weighted by Gasteiger charge is 2.46. The summed E-state index contributed by atoms with van der Waals surface area (Å²) in [5.74, 6) is -2.09. The number of esters is 3. The van der Waals surface area contributed by atoms with Crippen LogP contribution in [0.15, 0.2) is 47.6 Å². The normalized spacial score (nSPS) is 33.4. The second kappa shape index (κ2) is 6.35. The van der Waals surface area contributed by atoms with Gasteiger partial charge >= 0.3 is 17.9 Å². The first-order chi connectivity index (χ1) is 11.8. The molecule has 6 heteroatoms. The van der Waals surface area contributed by atoms with Crippen molar-refractivity contribution in [3.63, 3.8) is 0 Å². The number of hydrogen-bond donors (Lipinski definition) is 0. The van der Waals surface area contributed by atoms with Crippen molar-refractivity contribution in [3.05, 3.63) is 47.6 Å². The first kappa shape index (κ1) is 17.2. The lowest BCUT2D eigenvalue weighted by Gasteiger charge is -2.26. The molecule has 2 aliphatic heterocycles. The first-order valence-electron chi connectivity index (χ1n) is 8.11. The van der Waals surface area contributed by atoms with E-state index in [2.05, 4.69) is 13.2 Å². The Morgan fingerprint density at radius 3 is 2.60 bits per heavy atom. The van der Waals surface area contributed by atoms with Crippen molar-refractivity contribution in [1.29, 1.82) is 0 Å². The Morgan fingerprint density at radius 2 is 1.92 bits per heavy atom. The quantitative estimate of drug-likeness (QED) is 0.331. The Kier molecular flexibility index (Phi) is 4.37. The topological polar surface area (TPSA) is 78.9 Å². The molecule has 1 aliphatic carbocycles. The maximum absolute atomic E-state index is 12.1. The van der Waals surface area contributed by atoms with Gasteiger partial charge in [-0.05, 0) is 26.0 Å². The van der Waals surface area contributed by atoms with E-state index in [0.717, 1.165) is 5.57 Å². The lowest BCUT2D eigenvalue weighted by molar-refractivity contribution is -0.148. The van der Waals surface area contributed by atoms with Crippen molar-refractivity contribution in [3.8, 4) is 0 Å². The molecule has 3 aliphatic rings. The predicted molar refractivity (Wildman–Crippen MR) is 88.2 cm³/mol. The van der Waals surface area contributed by atoms with Gasteiger partial charge in [-0.3, -0.25) is 0 Å². The van der Waals surface area contributed by atoms with Gasteiger partial charge in [0.25, 0.3) is 0 Å². The van der Waals surface area contributed by atoms with Crippen LogP contribution in [0.1, 0.15) is 26.7 Å². The zero-order valence-corrected chi connectivity index (χ0v) is 14.2. The van der Waals surface area contributed by atoms with Crippen molar-refractivity contribution in [2.45, 2.75) is 45.0 Å². The summed E-state index contributed by atoms with van der Waals surface area (Å²) in [6.07, 6.45) is 2.52. The minimum Gasteiger partial charge on any atom is -0.458 e. The van der Waals surface area contributed by atoms with Crippen LogP contribution in [0, 0.1) is 5.92 Å². The molecule has 0 saturated carbocycles. The van der Waals surface area contributed by atoms with E-state index in [1.54, 1.807) is 6.08 Å². The largest absolute Gasteiger partial charge is 0.458 e. The Morgan fingerprint density at radius 1 is 1.20 bits per heavy atom. The summed E-state index contributed by atoms with van der Waals surface area (Å²) in [6.45, 7) is 10.8. The lowest BCUT2D eigenvalue weighted by Crippen LogP contribution is -2.34. The van der Waals surface area contributed by atoms with Crippen molar-refractivity contribution in [2.24, 2.45) is 5.92 Å². The van der Waals surface area contributed by atoms with Crippen LogP contribution in [0.2, 0.25) is 0 Å².